The van der Waals surface area contributed by atoms with Gasteiger partial charge in [0.1, 0.15) is 12.4 Å². The lowest BCUT2D eigenvalue weighted by atomic mass is 9.74. The first-order valence-electron chi connectivity index (χ1n) is 11.6. The number of alkyl halides is 3. The molecule has 0 aromatic heterocycles. The molecule has 5 nitrogen and oxygen atoms in total. The van der Waals surface area contributed by atoms with Crippen LogP contribution in [-0.4, -0.2) is 56.1 Å². The molecule has 0 bridgehead atoms. The van der Waals surface area contributed by atoms with Crippen LogP contribution >= 0.6 is 0 Å². The van der Waals surface area contributed by atoms with E-state index in [-0.39, 0.29) is 29.7 Å². The summed E-state index contributed by atoms with van der Waals surface area (Å²) in [6.07, 6.45) is 1.27. The van der Waals surface area contributed by atoms with Gasteiger partial charge in [-0.3, -0.25) is 9.59 Å². The zero-order valence-corrected chi connectivity index (χ0v) is 21.6. The number of carbonyl (C=O) groups excluding carboxylic acids is 2. The normalized spacial score (nSPS) is 14.2. The highest BCUT2D eigenvalue weighted by atomic mass is 19.4. The van der Waals surface area contributed by atoms with Crippen LogP contribution in [0.15, 0.2) is 55.2 Å². The number of halogens is 4. The predicted octanol–water partition coefficient (Wildman–Crippen LogP) is 5.06. The number of carbonyl (C=O) groups is 2. The number of nitrogens with zero attached hydrogens (tertiary/aromatic N) is 1. The zero-order valence-electron chi connectivity index (χ0n) is 21.6. The monoisotopic (exact) mass is 511 g/mol. The van der Waals surface area contributed by atoms with Crippen molar-refractivity contribution in [1.29, 1.82) is 0 Å². The van der Waals surface area contributed by atoms with Crippen molar-refractivity contribution in [3.63, 3.8) is 0 Å². The molecule has 2 unspecified atom stereocenters. The number of nitrogens with one attached hydrogen (secondary N) is 2. The molecule has 1 rings (SSSR count). The molecular formula is C27H37F4N3O2. The van der Waals surface area contributed by atoms with Crippen molar-refractivity contribution in [1.82, 2.24) is 15.5 Å². The quantitative estimate of drug-likeness (QED) is 0.305. The fraction of sp³-hybridized carbons (Fsp3) is 0.481. The molecule has 0 fully saturated rings. The van der Waals surface area contributed by atoms with Crippen molar-refractivity contribution in [2.75, 3.05) is 27.2 Å². The van der Waals surface area contributed by atoms with E-state index < -0.39 is 30.0 Å². The van der Waals surface area contributed by atoms with Crippen LogP contribution in [0.3, 0.4) is 0 Å². The van der Waals surface area contributed by atoms with Gasteiger partial charge >= 0.3 is 6.18 Å². The van der Waals surface area contributed by atoms with Gasteiger partial charge in [-0.1, -0.05) is 58.2 Å². The van der Waals surface area contributed by atoms with E-state index in [0.29, 0.717) is 18.5 Å². The molecule has 0 aliphatic carbocycles. The van der Waals surface area contributed by atoms with Crippen LogP contribution in [0.4, 0.5) is 17.6 Å². The molecule has 1 aromatic carbocycles. The van der Waals surface area contributed by atoms with Crippen LogP contribution < -0.4 is 10.6 Å². The Bertz CT molecular complexity index is 963. The number of allylic oxidation sites excluding steroid dienone is 4. The smallest absolute Gasteiger partial charge is 0.355 e. The SMILES string of the molecule is C=C/C=C(\C=C)C(CC(=O)NCC(Cc1ccc(C(=O)NCC(F)(F)F)c(F)c1)N(C)C)C(C)(C)C. The first kappa shape index (κ1) is 31.1. The van der Waals surface area contributed by atoms with E-state index in [9.17, 15) is 27.2 Å². The number of benzene rings is 1. The van der Waals surface area contributed by atoms with Crippen molar-refractivity contribution < 1.29 is 27.2 Å². The minimum atomic E-state index is -4.59. The summed E-state index contributed by atoms with van der Waals surface area (Å²) in [6.45, 7) is 12.5. The van der Waals surface area contributed by atoms with Crippen LogP contribution in [0, 0.1) is 17.2 Å². The standard InChI is InChI=1S/C27H37F4N3O2/c1-8-10-19(9-2)22(26(3,4)5)15-24(35)32-16-20(34(6)7)13-18-11-12-21(23(28)14-18)25(36)33-17-27(29,30)31/h8-12,14,20,22H,1-2,13,15-17H2,3-7H3,(H,32,35)(H,33,36)/b19-10+. The van der Waals surface area contributed by atoms with Crippen molar-refractivity contribution in [3.05, 3.63) is 72.1 Å². The second kappa shape index (κ2) is 13.4. The fourth-order valence-corrected chi connectivity index (χ4v) is 3.73. The van der Waals surface area contributed by atoms with Gasteiger partial charge in [-0.15, -0.1) is 0 Å². The average molecular weight is 512 g/mol. The predicted molar refractivity (Wildman–Crippen MR) is 135 cm³/mol. The molecule has 0 aliphatic rings. The summed E-state index contributed by atoms with van der Waals surface area (Å²) >= 11 is 0. The molecule has 0 radical (unpaired) electrons. The first-order valence-corrected chi connectivity index (χ1v) is 11.6. The van der Waals surface area contributed by atoms with Crippen LogP contribution in [-0.2, 0) is 11.2 Å². The molecule has 9 heteroatoms. The summed E-state index contributed by atoms with van der Waals surface area (Å²) in [5.74, 6) is -2.25. The third-order valence-electron chi connectivity index (χ3n) is 5.85. The molecule has 2 atom stereocenters. The summed E-state index contributed by atoms with van der Waals surface area (Å²) in [5, 5.41) is 4.61. The summed E-state index contributed by atoms with van der Waals surface area (Å²) < 4.78 is 51.4. The minimum Gasteiger partial charge on any atom is -0.355 e. The Morgan fingerprint density at radius 2 is 1.75 bits per heavy atom. The van der Waals surface area contributed by atoms with E-state index in [1.54, 1.807) is 17.5 Å². The minimum absolute atomic E-state index is 0.0732. The van der Waals surface area contributed by atoms with E-state index >= 15 is 0 Å². The molecule has 0 spiro atoms. The van der Waals surface area contributed by atoms with E-state index in [0.717, 1.165) is 11.6 Å². The van der Waals surface area contributed by atoms with Crippen LogP contribution in [0.1, 0.15) is 43.1 Å². The second-order valence-electron chi connectivity index (χ2n) is 9.97. The number of hydrogen-bond acceptors (Lipinski definition) is 3. The second-order valence-corrected chi connectivity index (χ2v) is 9.97. The Morgan fingerprint density at radius 1 is 1.11 bits per heavy atom. The lowest BCUT2D eigenvalue weighted by Gasteiger charge is -2.32. The Balaban J connectivity index is 2.87. The van der Waals surface area contributed by atoms with Crippen LogP contribution in [0.25, 0.3) is 0 Å². The van der Waals surface area contributed by atoms with Gasteiger partial charge in [-0.05, 0) is 55.1 Å². The Hall–Kier alpha value is -2.94. The largest absolute Gasteiger partial charge is 0.405 e. The summed E-state index contributed by atoms with van der Waals surface area (Å²) in [6, 6.07) is 3.61. The number of hydrogen-bond donors (Lipinski definition) is 2. The van der Waals surface area contributed by atoms with Gasteiger partial charge in [0.2, 0.25) is 5.91 Å². The molecule has 2 amide bonds. The van der Waals surface area contributed by atoms with Gasteiger partial charge in [0.25, 0.3) is 5.91 Å². The molecule has 0 heterocycles. The maximum Gasteiger partial charge on any atom is 0.405 e. The molecule has 0 saturated carbocycles. The molecule has 0 saturated heterocycles. The molecule has 0 aliphatic heterocycles. The van der Waals surface area contributed by atoms with Gasteiger partial charge < -0.3 is 15.5 Å². The summed E-state index contributed by atoms with van der Waals surface area (Å²) in [5.41, 5.74) is 0.818. The van der Waals surface area contributed by atoms with Gasteiger partial charge in [0.05, 0.1) is 5.56 Å². The number of amides is 2. The summed E-state index contributed by atoms with van der Waals surface area (Å²) in [7, 11) is 3.65. The molecule has 1 aromatic rings. The van der Waals surface area contributed by atoms with E-state index in [1.807, 2.05) is 25.1 Å². The number of likely N-dealkylation sites (N-methyl/N-ethyl adjacent to an activating group) is 1. The first-order chi connectivity index (χ1) is 16.6. The van der Waals surface area contributed by atoms with Crippen LogP contribution in [0.2, 0.25) is 0 Å². The van der Waals surface area contributed by atoms with Gasteiger partial charge in [0, 0.05) is 19.0 Å². The maximum atomic E-state index is 14.5. The summed E-state index contributed by atoms with van der Waals surface area (Å²) in [4.78, 5) is 26.6. The number of rotatable bonds is 12. The van der Waals surface area contributed by atoms with E-state index in [4.69, 9.17) is 0 Å². The molecule has 2 N–H and O–H groups in total. The van der Waals surface area contributed by atoms with Crippen molar-refractivity contribution in [2.24, 2.45) is 11.3 Å². The van der Waals surface area contributed by atoms with Gasteiger partial charge in [-0.2, -0.15) is 13.2 Å². The van der Waals surface area contributed by atoms with E-state index in [2.05, 4.69) is 39.2 Å². The highest BCUT2D eigenvalue weighted by Crippen LogP contribution is 2.35. The average Bonchev–Trinajstić information content (AvgIpc) is 2.75. The maximum absolute atomic E-state index is 14.5. The highest BCUT2D eigenvalue weighted by molar-refractivity contribution is 5.94. The zero-order chi connectivity index (χ0) is 27.7. The highest BCUT2D eigenvalue weighted by Gasteiger charge is 2.30. The lowest BCUT2D eigenvalue weighted by Crippen LogP contribution is -2.42. The Labute approximate surface area is 211 Å². The third kappa shape index (κ3) is 10.4. The Kier molecular flexibility index (Phi) is 11.6. The third-order valence-corrected chi connectivity index (χ3v) is 5.85. The van der Waals surface area contributed by atoms with Gasteiger partial charge in [-0.25, -0.2) is 4.39 Å². The molecule has 200 valence electrons. The Morgan fingerprint density at radius 3 is 2.22 bits per heavy atom. The van der Waals surface area contributed by atoms with E-state index in [1.165, 1.54) is 12.1 Å². The lowest BCUT2D eigenvalue weighted by molar-refractivity contribution is -0.123. The van der Waals surface area contributed by atoms with Crippen LogP contribution in [0.5, 0.6) is 0 Å². The van der Waals surface area contributed by atoms with Crippen molar-refractivity contribution in [3.8, 4) is 0 Å². The van der Waals surface area contributed by atoms with Crippen molar-refractivity contribution in [2.45, 2.75) is 45.8 Å². The molecular weight excluding hydrogens is 474 g/mol. The molecule has 36 heavy (non-hydrogen) atoms. The fourth-order valence-electron chi connectivity index (χ4n) is 3.73. The van der Waals surface area contributed by atoms with Crippen molar-refractivity contribution >= 4 is 11.8 Å². The van der Waals surface area contributed by atoms with Gasteiger partial charge in [0.15, 0.2) is 0 Å². The topological polar surface area (TPSA) is 61.4 Å².